The van der Waals surface area contributed by atoms with Crippen LogP contribution < -0.4 is 0 Å². The molecule has 0 aromatic heterocycles. The van der Waals surface area contributed by atoms with Gasteiger partial charge in [-0.3, -0.25) is 0 Å². The molecule has 3 aromatic carbocycles. The summed E-state index contributed by atoms with van der Waals surface area (Å²) in [6.45, 7) is 48.4. The summed E-state index contributed by atoms with van der Waals surface area (Å²) in [5.74, 6) is 1.93. The molecule has 0 nitrogen and oxygen atoms in total. The minimum absolute atomic E-state index is 0.176. The van der Waals surface area contributed by atoms with Gasteiger partial charge in [-0.15, -0.1) is 0 Å². The van der Waals surface area contributed by atoms with Crippen LogP contribution in [0.4, 0.5) is 0 Å². The summed E-state index contributed by atoms with van der Waals surface area (Å²) >= 11 is 0. The van der Waals surface area contributed by atoms with Crippen molar-refractivity contribution in [3.63, 3.8) is 0 Å². The second kappa shape index (κ2) is 8.55. The van der Waals surface area contributed by atoms with Crippen molar-refractivity contribution in [3.05, 3.63) is 67.8 Å². The van der Waals surface area contributed by atoms with Gasteiger partial charge in [-0.25, -0.2) is 0 Å². The van der Waals surface area contributed by atoms with Gasteiger partial charge < -0.3 is 0 Å². The molecule has 0 N–H and O–H groups in total. The molecule has 7 rings (SSSR count). The molecule has 7 unspecified atom stereocenters. The Hall–Kier alpha value is -2.08. The molecule has 248 valence electrons. The summed E-state index contributed by atoms with van der Waals surface area (Å²) in [4.78, 5) is 0. The van der Waals surface area contributed by atoms with Crippen molar-refractivity contribution in [2.24, 2.45) is 55.7 Å². The lowest BCUT2D eigenvalue weighted by Gasteiger charge is -2.58. The molecule has 46 heavy (non-hydrogen) atoms. The highest BCUT2D eigenvalue weighted by Crippen LogP contribution is 2.94. The zero-order valence-corrected chi connectivity index (χ0v) is 33.1. The van der Waals surface area contributed by atoms with Gasteiger partial charge in [0.15, 0.2) is 0 Å². The normalized spacial score (nSPS) is 37.7. The second-order valence-corrected chi connectivity index (χ2v) is 19.7. The van der Waals surface area contributed by atoms with Crippen LogP contribution in [0.3, 0.4) is 0 Å². The first kappa shape index (κ1) is 32.5. The number of allylic oxidation sites excluding steroid dienone is 2. The standard InChI is InChI=1S/C46H64/c1-23-25(3)29(7)36-32(37-30(8)26(4)24(2)28(6)35(37)31(9)34(36)27(23)5)22-33-40(10,11)46(19)39-38(45(33,18)42(46,14)15)43(16)20-21-44(39,17)41(43,12)13/h20-21,33,38-39H,22H2,1-19H3. The highest BCUT2D eigenvalue weighted by atomic mass is 14.9. The number of benzene rings is 3. The molecule has 0 amide bonds. The predicted molar refractivity (Wildman–Crippen MR) is 201 cm³/mol. The van der Waals surface area contributed by atoms with Gasteiger partial charge in [-0.05, 0) is 202 Å². The highest BCUT2D eigenvalue weighted by molar-refractivity contribution is 6.11. The third kappa shape index (κ3) is 2.81. The Kier molecular flexibility index (Phi) is 6.03. The first-order valence-electron chi connectivity index (χ1n) is 18.5. The van der Waals surface area contributed by atoms with Crippen molar-refractivity contribution in [1.29, 1.82) is 0 Å². The van der Waals surface area contributed by atoms with E-state index >= 15 is 0 Å². The SMILES string of the molecule is Cc1c(C)c(C)c2c(CC3C(C)(C)C4(C)C5C(C6(C)C=CC5(C)C6(C)C)C3(C)C4(C)C)c3c(C)c(C)c(C)c(C)c3c(C)c2c1C. The van der Waals surface area contributed by atoms with Gasteiger partial charge in [0.1, 0.15) is 0 Å². The van der Waals surface area contributed by atoms with Gasteiger partial charge in [0, 0.05) is 0 Å². The van der Waals surface area contributed by atoms with Crippen LogP contribution in [0.1, 0.15) is 125 Å². The van der Waals surface area contributed by atoms with Crippen LogP contribution >= 0.6 is 0 Å². The molecule has 0 heterocycles. The van der Waals surface area contributed by atoms with Crippen molar-refractivity contribution < 1.29 is 0 Å². The first-order chi connectivity index (χ1) is 20.9. The van der Waals surface area contributed by atoms with Crippen LogP contribution in [-0.2, 0) is 6.42 Å². The largest absolute Gasteiger partial charge is 0.0811 e. The van der Waals surface area contributed by atoms with Crippen molar-refractivity contribution in [1.82, 2.24) is 0 Å². The van der Waals surface area contributed by atoms with E-state index < -0.39 is 0 Å². The van der Waals surface area contributed by atoms with Gasteiger partial charge in [-0.2, -0.15) is 0 Å². The Morgan fingerprint density at radius 3 is 1.22 bits per heavy atom. The molecule has 0 heteroatoms. The number of rotatable bonds is 2. The van der Waals surface area contributed by atoms with Gasteiger partial charge >= 0.3 is 0 Å². The van der Waals surface area contributed by atoms with Gasteiger partial charge in [0.25, 0.3) is 0 Å². The Labute approximate surface area is 282 Å². The fourth-order valence-corrected chi connectivity index (χ4v) is 14.7. The quantitative estimate of drug-likeness (QED) is 0.153. The molecule has 7 atom stereocenters. The van der Waals surface area contributed by atoms with Gasteiger partial charge in [0.05, 0.1) is 0 Å². The molecule has 3 aromatic rings. The monoisotopic (exact) mass is 617 g/mol. The molecule has 4 bridgehead atoms. The van der Waals surface area contributed by atoms with E-state index in [1.54, 1.807) is 16.3 Å². The Morgan fingerprint density at radius 2 is 0.804 bits per heavy atom. The molecular weight excluding hydrogens is 553 g/mol. The van der Waals surface area contributed by atoms with Crippen molar-refractivity contribution >= 4 is 21.5 Å². The van der Waals surface area contributed by atoms with E-state index in [4.69, 9.17) is 0 Å². The summed E-state index contributed by atoms with van der Waals surface area (Å²) in [5.41, 5.74) is 16.5. The first-order valence-corrected chi connectivity index (χ1v) is 18.5. The minimum Gasteiger partial charge on any atom is -0.0811 e. The second-order valence-electron chi connectivity index (χ2n) is 19.7. The number of hydrogen-bond acceptors (Lipinski definition) is 0. The van der Waals surface area contributed by atoms with E-state index in [9.17, 15) is 0 Å². The summed E-state index contributed by atoms with van der Waals surface area (Å²) in [6.07, 6.45) is 6.53. The molecule has 3 saturated carbocycles. The average molecular weight is 617 g/mol. The predicted octanol–water partition coefficient (Wildman–Crippen LogP) is 12.9. The van der Waals surface area contributed by atoms with E-state index in [0.717, 1.165) is 6.42 Å². The number of fused-ring (bicyclic) bond motifs is 11. The summed E-state index contributed by atoms with van der Waals surface area (Å²) < 4.78 is 0. The van der Waals surface area contributed by atoms with Crippen LogP contribution in [0.15, 0.2) is 12.2 Å². The summed E-state index contributed by atoms with van der Waals surface area (Å²) in [7, 11) is 0. The van der Waals surface area contributed by atoms with E-state index in [1.165, 1.54) is 60.8 Å². The van der Waals surface area contributed by atoms with E-state index in [0.29, 0.717) is 17.8 Å². The molecular formula is C46H64. The topological polar surface area (TPSA) is 0 Å². The fourth-order valence-electron chi connectivity index (χ4n) is 14.7. The minimum atomic E-state index is 0.176. The van der Waals surface area contributed by atoms with Crippen LogP contribution in [0.5, 0.6) is 0 Å². The van der Waals surface area contributed by atoms with Crippen molar-refractivity contribution in [2.45, 2.75) is 138 Å². The Balaban J connectivity index is 1.62. The lowest BCUT2D eigenvalue weighted by Crippen LogP contribution is -2.54. The molecule has 0 spiro atoms. The maximum absolute atomic E-state index is 2.79. The molecule has 4 aliphatic rings. The third-order valence-corrected chi connectivity index (χ3v) is 19.1. The molecule has 0 radical (unpaired) electrons. The maximum Gasteiger partial charge on any atom is -0.00499 e. The lowest BCUT2D eigenvalue weighted by atomic mass is 9.45. The van der Waals surface area contributed by atoms with Gasteiger partial charge in [0.2, 0.25) is 0 Å². The van der Waals surface area contributed by atoms with Crippen LogP contribution in [0, 0.1) is 118 Å². The molecule has 3 fully saturated rings. The van der Waals surface area contributed by atoms with E-state index in [1.807, 2.05) is 0 Å². The zero-order valence-electron chi connectivity index (χ0n) is 33.1. The Bertz CT molecular complexity index is 1880. The lowest BCUT2D eigenvalue weighted by molar-refractivity contribution is -0.0929. The van der Waals surface area contributed by atoms with E-state index in [2.05, 4.69) is 144 Å². The maximum atomic E-state index is 2.79. The number of hydrogen-bond donors (Lipinski definition) is 0. The van der Waals surface area contributed by atoms with Crippen molar-refractivity contribution in [2.75, 3.05) is 0 Å². The average Bonchev–Trinajstić information content (AvgIpc) is 3.35. The molecule has 0 aliphatic heterocycles. The summed E-state index contributed by atoms with van der Waals surface area (Å²) in [5, 5.41) is 6.22. The van der Waals surface area contributed by atoms with Crippen LogP contribution in [0.2, 0.25) is 0 Å². The van der Waals surface area contributed by atoms with Crippen molar-refractivity contribution in [3.8, 4) is 0 Å². The molecule has 0 saturated heterocycles. The van der Waals surface area contributed by atoms with Crippen LogP contribution in [-0.4, -0.2) is 0 Å². The summed E-state index contributed by atoms with van der Waals surface area (Å²) in [6, 6.07) is 0. The third-order valence-electron chi connectivity index (χ3n) is 19.1. The van der Waals surface area contributed by atoms with Gasteiger partial charge in [-0.1, -0.05) is 81.4 Å². The Morgan fingerprint density at radius 1 is 0.435 bits per heavy atom. The fraction of sp³-hybridized carbons (Fsp3) is 0.652. The molecule has 4 aliphatic carbocycles. The van der Waals surface area contributed by atoms with Crippen LogP contribution in [0.25, 0.3) is 21.5 Å². The number of aryl methyl sites for hydroxylation is 5. The van der Waals surface area contributed by atoms with E-state index in [-0.39, 0.29) is 37.9 Å². The smallest absolute Gasteiger partial charge is 0.00499 e. The zero-order chi connectivity index (χ0) is 34.4. The highest BCUT2D eigenvalue weighted by Gasteiger charge is 2.90.